The number of thioether (sulfide) groups is 1. The number of carbonyl (C=O) groups excluding carboxylic acids is 1. The summed E-state index contributed by atoms with van der Waals surface area (Å²) in [7, 11) is 0. The second kappa shape index (κ2) is 4.33. The van der Waals surface area contributed by atoms with Gasteiger partial charge in [0.15, 0.2) is 0 Å². The highest BCUT2D eigenvalue weighted by Crippen LogP contribution is 2.18. The van der Waals surface area contributed by atoms with Gasteiger partial charge in [0.2, 0.25) is 0 Å². The van der Waals surface area contributed by atoms with Gasteiger partial charge in [-0.3, -0.25) is 4.79 Å². The first-order valence-corrected chi connectivity index (χ1v) is 5.59. The second-order valence-corrected chi connectivity index (χ2v) is 5.41. The average molecular weight is 203 g/mol. The SMILES string of the molecule is CC(C)(C)OC(=O)C1CNCCS1. The molecule has 1 heterocycles. The van der Waals surface area contributed by atoms with E-state index in [1.165, 1.54) is 0 Å². The van der Waals surface area contributed by atoms with E-state index in [0.29, 0.717) is 0 Å². The van der Waals surface area contributed by atoms with Crippen molar-refractivity contribution in [2.45, 2.75) is 31.6 Å². The van der Waals surface area contributed by atoms with Gasteiger partial charge in [-0.1, -0.05) is 0 Å². The summed E-state index contributed by atoms with van der Waals surface area (Å²) in [5, 5.41) is 3.16. The maximum absolute atomic E-state index is 11.5. The predicted molar refractivity (Wildman–Crippen MR) is 55.0 cm³/mol. The van der Waals surface area contributed by atoms with Gasteiger partial charge in [0.05, 0.1) is 0 Å². The fourth-order valence-electron chi connectivity index (χ4n) is 1.08. The van der Waals surface area contributed by atoms with Gasteiger partial charge < -0.3 is 10.1 Å². The maximum Gasteiger partial charge on any atom is 0.320 e. The molecule has 3 nitrogen and oxygen atoms in total. The molecule has 1 fully saturated rings. The van der Waals surface area contributed by atoms with Crippen LogP contribution < -0.4 is 5.32 Å². The van der Waals surface area contributed by atoms with Crippen molar-refractivity contribution in [2.24, 2.45) is 0 Å². The van der Waals surface area contributed by atoms with E-state index < -0.39 is 0 Å². The first-order valence-electron chi connectivity index (χ1n) is 4.54. The molecule has 0 radical (unpaired) electrons. The number of rotatable bonds is 1. The number of ether oxygens (including phenoxy) is 1. The van der Waals surface area contributed by atoms with Crippen molar-refractivity contribution < 1.29 is 9.53 Å². The maximum atomic E-state index is 11.5. The third kappa shape index (κ3) is 4.00. The number of hydrogen-bond donors (Lipinski definition) is 1. The molecule has 13 heavy (non-hydrogen) atoms. The van der Waals surface area contributed by atoms with E-state index in [1.807, 2.05) is 20.8 Å². The molecule has 1 unspecified atom stereocenters. The van der Waals surface area contributed by atoms with Crippen LogP contribution in [-0.2, 0) is 9.53 Å². The van der Waals surface area contributed by atoms with Gasteiger partial charge in [0.25, 0.3) is 0 Å². The Morgan fingerprint density at radius 1 is 1.54 bits per heavy atom. The molecule has 0 spiro atoms. The van der Waals surface area contributed by atoms with Gasteiger partial charge in [-0.15, -0.1) is 11.8 Å². The Bertz CT molecular complexity index is 183. The molecule has 1 aliphatic rings. The van der Waals surface area contributed by atoms with Gasteiger partial charge >= 0.3 is 5.97 Å². The molecule has 0 bridgehead atoms. The molecule has 1 atom stereocenters. The molecule has 0 aromatic carbocycles. The number of carbonyl (C=O) groups is 1. The molecule has 0 aromatic rings. The lowest BCUT2D eigenvalue weighted by molar-refractivity contribution is -0.154. The van der Waals surface area contributed by atoms with Crippen LogP contribution in [0.15, 0.2) is 0 Å². The molecule has 1 saturated heterocycles. The van der Waals surface area contributed by atoms with Crippen LogP contribution in [0.5, 0.6) is 0 Å². The summed E-state index contributed by atoms with van der Waals surface area (Å²) in [5.41, 5.74) is -0.366. The van der Waals surface area contributed by atoms with E-state index >= 15 is 0 Å². The molecule has 0 aromatic heterocycles. The highest BCUT2D eigenvalue weighted by atomic mass is 32.2. The number of hydrogen-bond acceptors (Lipinski definition) is 4. The van der Waals surface area contributed by atoms with Gasteiger partial charge in [-0.2, -0.15) is 0 Å². The van der Waals surface area contributed by atoms with Crippen LogP contribution >= 0.6 is 11.8 Å². The Morgan fingerprint density at radius 3 is 2.69 bits per heavy atom. The van der Waals surface area contributed by atoms with Gasteiger partial charge in [-0.05, 0) is 20.8 Å². The zero-order valence-electron chi connectivity index (χ0n) is 8.42. The molecule has 1 aliphatic heterocycles. The topological polar surface area (TPSA) is 38.3 Å². The van der Waals surface area contributed by atoms with E-state index in [2.05, 4.69) is 5.32 Å². The minimum Gasteiger partial charge on any atom is -0.459 e. The van der Waals surface area contributed by atoms with Crippen LogP contribution in [0.4, 0.5) is 0 Å². The smallest absolute Gasteiger partial charge is 0.320 e. The zero-order valence-corrected chi connectivity index (χ0v) is 9.24. The van der Waals surface area contributed by atoms with E-state index in [9.17, 15) is 4.79 Å². The monoisotopic (exact) mass is 203 g/mol. The third-order valence-electron chi connectivity index (χ3n) is 1.60. The van der Waals surface area contributed by atoms with Gasteiger partial charge in [-0.25, -0.2) is 0 Å². The Morgan fingerprint density at radius 2 is 2.23 bits per heavy atom. The first kappa shape index (κ1) is 10.9. The van der Waals surface area contributed by atoms with Crippen molar-refractivity contribution in [1.82, 2.24) is 5.32 Å². The Balaban J connectivity index is 2.38. The van der Waals surface area contributed by atoms with Crippen molar-refractivity contribution in [2.75, 3.05) is 18.8 Å². The van der Waals surface area contributed by atoms with Crippen molar-refractivity contribution in [3.63, 3.8) is 0 Å². The van der Waals surface area contributed by atoms with Crippen molar-refractivity contribution >= 4 is 17.7 Å². The first-order chi connectivity index (χ1) is 5.99. The van der Waals surface area contributed by atoms with E-state index in [0.717, 1.165) is 18.8 Å². The fraction of sp³-hybridized carbons (Fsp3) is 0.889. The van der Waals surface area contributed by atoms with Crippen LogP contribution in [0, 0.1) is 0 Å². The van der Waals surface area contributed by atoms with E-state index in [-0.39, 0.29) is 16.8 Å². The minimum absolute atomic E-state index is 0.0204. The van der Waals surface area contributed by atoms with Gasteiger partial charge in [0.1, 0.15) is 10.9 Å². The summed E-state index contributed by atoms with van der Waals surface area (Å²) in [6.07, 6.45) is 0. The Labute approximate surface area is 83.6 Å². The average Bonchev–Trinajstić information content (AvgIpc) is 2.03. The molecule has 4 heteroatoms. The normalized spacial score (nSPS) is 24.1. The predicted octanol–water partition coefficient (Wildman–Crippen LogP) is 1.03. The summed E-state index contributed by atoms with van der Waals surface area (Å²) in [6.45, 7) is 7.41. The summed E-state index contributed by atoms with van der Waals surface area (Å²) >= 11 is 1.67. The molecule has 1 rings (SSSR count). The molecule has 0 amide bonds. The quantitative estimate of drug-likeness (QED) is 0.646. The van der Waals surface area contributed by atoms with E-state index in [4.69, 9.17) is 4.74 Å². The third-order valence-corrected chi connectivity index (χ3v) is 2.80. The molecule has 0 aliphatic carbocycles. The van der Waals surface area contributed by atoms with Crippen LogP contribution in [-0.4, -0.2) is 35.7 Å². The van der Waals surface area contributed by atoms with Crippen LogP contribution in [0.25, 0.3) is 0 Å². The summed E-state index contributed by atoms with van der Waals surface area (Å²) < 4.78 is 5.28. The summed E-state index contributed by atoms with van der Waals surface area (Å²) in [5.74, 6) is 0.897. The lowest BCUT2D eigenvalue weighted by atomic mass is 10.2. The molecular formula is C9H17NO2S. The minimum atomic E-state index is -0.366. The Kier molecular flexibility index (Phi) is 3.62. The summed E-state index contributed by atoms with van der Waals surface area (Å²) in [4.78, 5) is 11.5. The van der Waals surface area contributed by atoms with Crippen molar-refractivity contribution in [3.05, 3.63) is 0 Å². The van der Waals surface area contributed by atoms with Crippen LogP contribution in [0.3, 0.4) is 0 Å². The molecular weight excluding hydrogens is 186 g/mol. The lowest BCUT2D eigenvalue weighted by Crippen LogP contribution is -2.40. The molecule has 76 valence electrons. The van der Waals surface area contributed by atoms with Crippen molar-refractivity contribution in [3.8, 4) is 0 Å². The second-order valence-electron chi connectivity index (χ2n) is 4.10. The number of nitrogens with one attached hydrogen (secondary N) is 1. The largest absolute Gasteiger partial charge is 0.459 e. The van der Waals surface area contributed by atoms with Crippen molar-refractivity contribution in [1.29, 1.82) is 0 Å². The Hall–Kier alpha value is -0.220. The van der Waals surface area contributed by atoms with Crippen LogP contribution in [0.1, 0.15) is 20.8 Å². The summed E-state index contributed by atoms with van der Waals surface area (Å²) in [6, 6.07) is 0. The zero-order chi connectivity index (χ0) is 9.90. The fourth-order valence-corrected chi connectivity index (χ4v) is 2.05. The molecule has 0 saturated carbocycles. The highest BCUT2D eigenvalue weighted by Gasteiger charge is 2.26. The standard InChI is InChI=1S/C9H17NO2S/c1-9(2,3)12-8(11)7-6-10-4-5-13-7/h7,10H,4-6H2,1-3H3. The van der Waals surface area contributed by atoms with E-state index in [1.54, 1.807) is 11.8 Å². The highest BCUT2D eigenvalue weighted by molar-refractivity contribution is 8.00. The lowest BCUT2D eigenvalue weighted by Gasteiger charge is -2.26. The molecule has 1 N–H and O–H groups in total. The number of esters is 1. The van der Waals surface area contributed by atoms with Gasteiger partial charge in [0, 0.05) is 18.8 Å². The van der Waals surface area contributed by atoms with Crippen LogP contribution in [0.2, 0.25) is 0 Å².